The van der Waals surface area contributed by atoms with Gasteiger partial charge in [0.2, 0.25) is 11.2 Å². The van der Waals surface area contributed by atoms with Gasteiger partial charge in [0.25, 0.3) is 5.91 Å². The molecule has 1 aliphatic heterocycles. The summed E-state index contributed by atoms with van der Waals surface area (Å²) < 4.78 is 58.4. The molecule has 7 nitrogen and oxygen atoms in total. The summed E-state index contributed by atoms with van der Waals surface area (Å²) in [6.45, 7) is 0. The summed E-state index contributed by atoms with van der Waals surface area (Å²) in [5.74, 6) is -3.63. The molecule has 0 radical (unpaired) electrons. The van der Waals surface area contributed by atoms with Gasteiger partial charge in [0, 0.05) is 25.3 Å². The number of carbonyl (C=O) groups is 1. The summed E-state index contributed by atoms with van der Waals surface area (Å²) in [7, 11) is -0.581. The Morgan fingerprint density at radius 3 is 2.52 bits per heavy atom. The molecule has 1 aliphatic carbocycles. The predicted molar refractivity (Wildman–Crippen MR) is 102 cm³/mol. The molecule has 1 atom stereocenters. The van der Waals surface area contributed by atoms with Gasteiger partial charge in [-0.3, -0.25) is 9.59 Å². The lowest BCUT2D eigenvalue weighted by atomic mass is 10.1. The molecule has 1 saturated carbocycles. The van der Waals surface area contributed by atoms with Gasteiger partial charge < -0.3 is 14.2 Å². The molecule has 2 aromatic rings. The smallest absolute Gasteiger partial charge is 0.259 e. The number of aromatic nitrogens is 1. The van der Waals surface area contributed by atoms with E-state index in [1.165, 1.54) is 25.3 Å². The molecule has 0 N–H and O–H groups in total. The Bertz CT molecular complexity index is 1190. The molecule has 2 heterocycles. The Labute approximate surface area is 165 Å². The molecule has 10 heteroatoms. The molecule has 156 valence electrons. The summed E-state index contributed by atoms with van der Waals surface area (Å²) in [5.41, 5.74) is -0.836. The predicted octanol–water partition coefficient (Wildman–Crippen LogP) is 1.88. The van der Waals surface area contributed by atoms with Crippen LogP contribution in [0.1, 0.15) is 35.7 Å². The number of rotatable bonds is 4. The van der Waals surface area contributed by atoms with Crippen molar-refractivity contribution in [1.82, 2.24) is 9.47 Å². The lowest BCUT2D eigenvalue weighted by molar-refractivity contribution is 0.0745. The van der Waals surface area contributed by atoms with Gasteiger partial charge in [0.05, 0.1) is 29.5 Å². The fraction of sp³-hybridized carbons (Fsp3) is 0.474. The van der Waals surface area contributed by atoms with Crippen LogP contribution in [0.25, 0.3) is 10.9 Å². The lowest BCUT2D eigenvalue weighted by Gasteiger charge is -2.24. The number of nitrogens with zero attached hydrogens (tertiary/aromatic N) is 2. The molecular weight excluding hydrogens is 406 g/mol. The van der Waals surface area contributed by atoms with E-state index >= 15 is 0 Å². The number of pyridine rings is 1. The quantitative estimate of drug-likeness (QED) is 0.745. The molecule has 1 aromatic carbocycles. The van der Waals surface area contributed by atoms with E-state index in [0.29, 0.717) is 6.42 Å². The molecule has 29 heavy (non-hydrogen) atoms. The fourth-order valence-electron chi connectivity index (χ4n) is 3.85. The Hall–Kier alpha value is -2.49. The zero-order valence-electron chi connectivity index (χ0n) is 15.9. The highest BCUT2D eigenvalue weighted by Crippen LogP contribution is 2.40. The molecule has 4 rings (SSSR count). The second-order valence-corrected chi connectivity index (χ2v) is 9.81. The molecule has 1 amide bonds. The van der Waals surface area contributed by atoms with E-state index in [9.17, 15) is 26.8 Å². The molecule has 1 aromatic heterocycles. The van der Waals surface area contributed by atoms with Crippen molar-refractivity contribution >= 4 is 26.6 Å². The number of amides is 1. The van der Waals surface area contributed by atoms with Crippen molar-refractivity contribution in [3.8, 4) is 5.75 Å². The first kappa shape index (κ1) is 19.8. The van der Waals surface area contributed by atoms with Crippen molar-refractivity contribution in [3.05, 3.63) is 39.7 Å². The number of fused-ring (bicyclic) bond motifs is 1. The summed E-state index contributed by atoms with van der Waals surface area (Å²) in [6, 6.07) is 0.197. The zero-order valence-corrected chi connectivity index (χ0v) is 16.8. The standard InChI is InChI=1S/C19H20F2N2O5S/c1-22(11-5-6-29(26,27)9-11)19(25)13-8-23(10-3-4-10)16-12(17(13)24)7-14(20)15(21)18(16)28-2/h7-8,10-11H,3-6,9H2,1-2H3/t11-/m1/s1. The molecular formula is C19H20F2N2O5S. The van der Waals surface area contributed by atoms with Crippen molar-refractivity contribution in [3.63, 3.8) is 0 Å². The van der Waals surface area contributed by atoms with Crippen LogP contribution in [0, 0.1) is 11.6 Å². The fourth-order valence-corrected chi connectivity index (χ4v) is 5.62. The van der Waals surface area contributed by atoms with Crippen LogP contribution >= 0.6 is 0 Å². The second kappa shape index (κ2) is 6.79. The maximum absolute atomic E-state index is 14.2. The van der Waals surface area contributed by atoms with E-state index in [-0.39, 0.29) is 39.8 Å². The van der Waals surface area contributed by atoms with Gasteiger partial charge >= 0.3 is 0 Å². The zero-order chi connectivity index (χ0) is 21.1. The molecule has 0 spiro atoms. The van der Waals surface area contributed by atoms with E-state index in [1.807, 2.05) is 0 Å². The maximum Gasteiger partial charge on any atom is 0.259 e. The third-order valence-corrected chi connectivity index (χ3v) is 7.37. The average molecular weight is 426 g/mol. The largest absolute Gasteiger partial charge is 0.491 e. The number of methoxy groups -OCH3 is 1. The van der Waals surface area contributed by atoms with Crippen molar-refractivity contribution in [2.75, 3.05) is 25.7 Å². The van der Waals surface area contributed by atoms with Crippen LogP contribution in [0.15, 0.2) is 17.1 Å². The normalized spacial score (nSPS) is 20.8. The number of sulfone groups is 1. The first-order valence-electron chi connectivity index (χ1n) is 9.23. The molecule has 0 bridgehead atoms. The maximum atomic E-state index is 14.2. The van der Waals surface area contributed by atoms with Gasteiger partial charge in [-0.2, -0.15) is 4.39 Å². The second-order valence-electron chi connectivity index (χ2n) is 7.59. The number of halogens is 2. The number of carbonyl (C=O) groups excluding carboxylic acids is 1. The lowest BCUT2D eigenvalue weighted by Crippen LogP contribution is -2.40. The van der Waals surface area contributed by atoms with E-state index < -0.39 is 38.8 Å². The minimum Gasteiger partial charge on any atom is -0.491 e. The van der Waals surface area contributed by atoms with E-state index in [2.05, 4.69) is 0 Å². The number of benzene rings is 1. The Morgan fingerprint density at radius 1 is 1.28 bits per heavy atom. The van der Waals surface area contributed by atoms with Gasteiger partial charge in [-0.05, 0) is 25.3 Å². The third-order valence-electron chi connectivity index (χ3n) is 5.62. The Morgan fingerprint density at radius 2 is 1.97 bits per heavy atom. The number of ether oxygens (including phenoxy) is 1. The SMILES string of the molecule is COc1c(F)c(F)cc2c(=O)c(C(=O)N(C)[C@@H]3CCS(=O)(=O)C3)cn(C3CC3)c12. The highest BCUT2D eigenvalue weighted by Gasteiger charge is 2.35. The van der Waals surface area contributed by atoms with Crippen LogP contribution in [-0.2, 0) is 9.84 Å². The minimum atomic E-state index is -3.22. The monoisotopic (exact) mass is 426 g/mol. The molecule has 2 aliphatic rings. The van der Waals surface area contributed by atoms with Gasteiger partial charge in [0.15, 0.2) is 21.4 Å². The first-order valence-corrected chi connectivity index (χ1v) is 11.0. The highest BCUT2D eigenvalue weighted by atomic mass is 32.2. The number of hydrogen-bond donors (Lipinski definition) is 0. The summed E-state index contributed by atoms with van der Waals surface area (Å²) in [6.07, 6.45) is 3.18. The molecule has 0 unspecified atom stereocenters. The molecule has 1 saturated heterocycles. The van der Waals surface area contributed by atoms with Crippen LogP contribution in [0.4, 0.5) is 8.78 Å². The van der Waals surface area contributed by atoms with Gasteiger partial charge in [0.1, 0.15) is 5.56 Å². The van der Waals surface area contributed by atoms with Gasteiger partial charge in [-0.1, -0.05) is 0 Å². The summed E-state index contributed by atoms with van der Waals surface area (Å²) >= 11 is 0. The third kappa shape index (κ3) is 3.29. The van der Waals surface area contributed by atoms with Crippen molar-refractivity contribution in [1.29, 1.82) is 0 Å². The van der Waals surface area contributed by atoms with Crippen LogP contribution in [0.5, 0.6) is 5.75 Å². The number of hydrogen-bond acceptors (Lipinski definition) is 5. The first-order chi connectivity index (χ1) is 13.6. The van der Waals surface area contributed by atoms with Crippen LogP contribution in [-0.4, -0.2) is 55.5 Å². The molecule has 2 fully saturated rings. The summed E-state index contributed by atoms with van der Waals surface area (Å²) in [4.78, 5) is 27.3. The highest BCUT2D eigenvalue weighted by molar-refractivity contribution is 7.91. The van der Waals surface area contributed by atoms with Crippen LogP contribution < -0.4 is 10.2 Å². The van der Waals surface area contributed by atoms with E-state index in [1.54, 1.807) is 4.57 Å². The average Bonchev–Trinajstić information content (AvgIpc) is 3.45. The van der Waals surface area contributed by atoms with Crippen molar-refractivity contribution in [2.45, 2.75) is 31.3 Å². The van der Waals surface area contributed by atoms with Gasteiger partial charge in [-0.25, -0.2) is 12.8 Å². The van der Waals surface area contributed by atoms with Crippen molar-refractivity contribution < 1.29 is 26.7 Å². The Balaban J connectivity index is 1.88. The Kier molecular flexibility index (Phi) is 4.64. The summed E-state index contributed by atoms with van der Waals surface area (Å²) in [5, 5.41) is -0.147. The van der Waals surface area contributed by atoms with Crippen LogP contribution in [0.2, 0.25) is 0 Å². The van der Waals surface area contributed by atoms with Crippen LogP contribution in [0.3, 0.4) is 0 Å². The van der Waals surface area contributed by atoms with E-state index in [4.69, 9.17) is 4.74 Å². The van der Waals surface area contributed by atoms with Crippen molar-refractivity contribution in [2.24, 2.45) is 0 Å². The minimum absolute atomic E-state index is 0.0129. The van der Waals surface area contributed by atoms with E-state index in [0.717, 1.165) is 18.9 Å². The topological polar surface area (TPSA) is 85.7 Å². The van der Waals surface area contributed by atoms with Gasteiger partial charge in [-0.15, -0.1) is 0 Å².